The van der Waals surface area contributed by atoms with Gasteiger partial charge in [-0.05, 0) is 6.07 Å². The molecule has 2 aromatic heterocycles. The molecule has 0 aliphatic carbocycles. The van der Waals surface area contributed by atoms with Crippen molar-refractivity contribution in [3.8, 4) is 5.88 Å². The molecule has 24 heavy (non-hydrogen) atoms. The number of carbonyl (C=O) groups is 3. The van der Waals surface area contributed by atoms with Crippen molar-refractivity contribution in [2.75, 3.05) is 12.4 Å². The van der Waals surface area contributed by atoms with Crippen molar-refractivity contribution in [2.24, 2.45) is 0 Å². The topological polar surface area (TPSA) is 107 Å². The maximum absolute atomic E-state index is 12.5. The van der Waals surface area contributed by atoms with Crippen molar-refractivity contribution in [3.05, 3.63) is 34.5 Å². The molecule has 0 saturated heterocycles. The SMILES string of the molecule is COc1ccc(C(=O)C2OCc3nc(NC(C)=O)sc3C2=O)cn1. The van der Waals surface area contributed by atoms with E-state index in [-0.39, 0.29) is 18.1 Å². The highest BCUT2D eigenvalue weighted by Crippen LogP contribution is 2.30. The number of nitrogens with zero attached hydrogens (tertiary/aromatic N) is 2. The zero-order valence-electron chi connectivity index (χ0n) is 12.9. The first-order valence-corrected chi connectivity index (χ1v) is 7.78. The average molecular weight is 347 g/mol. The highest BCUT2D eigenvalue weighted by molar-refractivity contribution is 7.17. The number of methoxy groups -OCH3 is 1. The van der Waals surface area contributed by atoms with Crippen LogP contribution in [0.2, 0.25) is 0 Å². The minimum atomic E-state index is -1.24. The van der Waals surface area contributed by atoms with Crippen LogP contribution < -0.4 is 10.1 Å². The molecule has 9 heteroatoms. The Kier molecular flexibility index (Phi) is 4.36. The van der Waals surface area contributed by atoms with Crippen molar-refractivity contribution in [1.82, 2.24) is 9.97 Å². The number of amides is 1. The molecular weight excluding hydrogens is 334 g/mol. The van der Waals surface area contributed by atoms with E-state index in [1.807, 2.05) is 0 Å². The number of aromatic nitrogens is 2. The number of anilines is 1. The Bertz CT molecular complexity index is 815. The van der Waals surface area contributed by atoms with Crippen LogP contribution in [0.15, 0.2) is 18.3 Å². The van der Waals surface area contributed by atoms with Gasteiger partial charge in [0.1, 0.15) is 4.88 Å². The third-order valence-corrected chi connectivity index (χ3v) is 4.32. The molecule has 1 amide bonds. The fourth-order valence-electron chi connectivity index (χ4n) is 2.20. The van der Waals surface area contributed by atoms with Crippen LogP contribution in [0.5, 0.6) is 5.88 Å². The molecular formula is C15H13N3O5S. The second-order valence-electron chi connectivity index (χ2n) is 4.98. The van der Waals surface area contributed by atoms with E-state index in [1.54, 1.807) is 0 Å². The summed E-state index contributed by atoms with van der Waals surface area (Å²) in [7, 11) is 1.47. The number of hydrogen-bond donors (Lipinski definition) is 1. The van der Waals surface area contributed by atoms with Gasteiger partial charge >= 0.3 is 0 Å². The Morgan fingerprint density at radius 2 is 2.21 bits per heavy atom. The number of rotatable bonds is 4. The van der Waals surface area contributed by atoms with Gasteiger partial charge in [0.2, 0.25) is 23.4 Å². The molecule has 1 aliphatic heterocycles. The van der Waals surface area contributed by atoms with E-state index in [0.29, 0.717) is 21.6 Å². The Morgan fingerprint density at radius 3 is 2.83 bits per heavy atom. The fourth-order valence-corrected chi connectivity index (χ4v) is 3.17. The Balaban J connectivity index is 1.83. The molecule has 1 aliphatic rings. The number of nitrogens with one attached hydrogen (secondary N) is 1. The first kappa shape index (κ1) is 16.2. The second kappa shape index (κ2) is 6.46. The van der Waals surface area contributed by atoms with E-state index in [9.17, 15) is 14.4 Å². The van der Waals surface area contributed by atoms with Crippen LogP contribution in [0.3, 0.4) is 0 Å². The zero-order valence-corrected chi connectivity index (χ0v) is 13.7. The lowest BCUT2D eigenvalue weighted by molar-refractivity contribution is -0.114. The van der Waals surface area contributed by atoms with Crippen LogP contribution in [0.4, 0.5) is 5.13 Å². The van der Waals surface area contributed by atoms with Gasteiger partial charge in [0.15, 0.2) is 11.2 Å². The summed E-state index contributed by atoms with van der Waals surface area (Å²) in [6.07, 6.45) is 0.0984. The first-order valence-electron chi connectivity index (χ1n) is 6.97. The predicted octanol–water partition coefficient (Wildman–Crippen LogP) is 1.47. The number of ether oxygens (including phenoxy) is 2. The third-order valence-electron chi connectivity index (χ3n) is 3.30. The number of pyridine rings is 1. The highest BCUT2D eigenvalue weighted by Gasteiger charge is 2.37. The number of Topliss-reactive ketones (excluding diaryl/α,β-unsaturated/α-hetero) is 2. The fraction of sp³-hybridized carbons (Fsp3) is 0.267. The summed E-state index contributed by atoms with van der Waals surface area (Å²) < 4.78 is 10.3. The van der Waals surface area contributed by atoms with Gasteiger partial charge in [-0.1, -0.05) is 11.3 Å². The molecule has 3 heterocycles. The molecule has 0 fully saturated rings. The van der Waals surface area contributed by atoms with E-state index in [1.165, 1.54) is 32.4 Å². The maximum Gasteiger partial charge on any atom is 0.223 e. The molecule has 1 N–H and O–H groups in total. The summed E-state index contributed by atoms with van der Waals surface area (Å²) in [6.45, 7) is 1.37. The van der Waals surface area contributed by atoms with E-state index >= 15 is 0 Å². The van der Waals surface area contributed by atoms with Crippen molar-refractivity contribution in [3.63, 3.8) is 0 Å². The minimum Gasteiger partial charge on any atom is -0.481 e. The van der Waals surface area contributed by atoms with Crippen molar-refractivity contribution in [2.45, 2.75) is 19.6 Å². The molecule has 0 saturated carbocycles. The van der Waals surface area contributed by atoms with Gasteiger partial charge in [-0.2, -0.15) is 0 Å². The van der Waals surface area contributed by atoms with Gasteiger partial charge < -0.3 is 14.8 Å². The quantitative estimate of drug-likeness (QED) is 0.659. The summed E-state index contributed by atoms with van der Waals surface area (Å²) in [5, 5.41) is 2.83. The van der Waals surface area contributed by atoms with Gasteiger partial charge in [0, 0.05) is 24.8 Å². The smallest absolute Gasteiger partial charge is 0.223 e. The predicted molar refractivity (Wildman–Crippen MR) is 84.4 cm³/mol. The van der Waals surface area contributed by atoms with Crippen molar-refractivity contribution in [1.29, 1.82) is 0 Å². The van der Waals surface area contributed by atoms with Crippen LogP contribution >= 0.6 is 11.3 Å². The molecule has 0 spiro atoms. The molecule has 0 radical (unpaired) electrons. The summed E-state index contributed by atoms with van der Waals surface area (Å²) in [5.74, 6) is -0.861. The second-order valence-corrected chi connectivity index (χ2v) is 5.98. The zero-order chi connectivity index (χ0) is 17.3. The van der Waals surface area contributed by atoms with E-state index in [0.717, 1.165) is 11.3 Å². The lowest BCUT2D eigenvalue weighted by Crippen LogP contribution is -2.36. The van der Waals surface area contributed by atoms with E-state index in [4.69, 9.17) is 9.47 Å². The molecule has 124 valence electrons. The monoisotopic (exact) mass is 347 g/mol. The lowest BCUT2D eigenvalue weighted by atomic mass is 10.0. The minimum absolute atomic E-state index is 0.0249. The summed E-state index contributed by atoms with van der Waals surface area (Å²) in [6, 6.07) is 3.06. The standard InChI is InChI=1S/C15H13N3O5S/c1-7(19)17-15-18-9-6-23-13(12(21)14(9)24-15)11(20)8-3-4-10(22-2)16-5-8/h3-5,13H,6H2,1-2H3,(H,17,18,19). The van der Waals surface area contributed by atoms with Gasteiger partial charge in [-0.15, -0.1) is 0 Å². The Morgan fingerprint density at radius 1 is 1.42 bits per heavy atom. The molecule has 8 nitrogen and oxygen atoms in total. The molecule has 0 aromatic carbocycles. The molecule has 3 rings (SSSR count). The number of carbonyl (C=O) groups excluding carboxylic acids is 3. The summed E-state index contributed by atoms with van der Waals surface area (Å²) in [4.78, 5) is 44.5. The van der Waals surface area contributed by atoms with Gasteiger partial charge in [0.05, 0.1) is 19.4 Å². The van der Waals surface area contributed by atoms with Crippen molar-refractivity contribution >= 4 is 33.9 Å². The summed E-state index contributed by atoms with van der Waals surface area (Å²) >= 11 is 1.03. The van der Waals surface area contributed by atoms with Crippen LogP contribution in [0.25, 0.3) is 0 Å². The highest BCUT2D eigenvalue weighted by atomic mass is 32.1. The maximum atomic E-state index is 12.5. The van der Waals surface area contributed by atoms with Crippen LogP contribution in [-0.2, 0) is 16.1 Å². The van der Waals surface area contributed by atoms with Gasteiger partial charge in [-0.25, -0.2) is 9.97 Å². The largest absolute Gasteiger partial charge is 0.481 e. The van der Waals surface area contributed by atoms with Crippen molar-refractivity contribution < 1.29 is 23.9 Å². The Hall–Kier alpha value is -2.65. The number of hydrogen-bond acceptors (Lipinski definition) is 8. The molecule has 0 bridgehead atoms. The molecule has 1 unspecified atom stereocenters. The molecule has 1 atom stereocenters. The number of fused-ring (bicyclic) bond motifs is 1. The first-order chi connectivity index (χ1) is 11.5. The van der Waals surface area contributed by atoms with E-state index in [2.05, 4.69) is 15.3 Å². The number of thiazole rings is 1. The van der Waals surface area contributed by atoms with Gasteiger partial charge in [0.25, 0.3) is 0 Å². The Labute approximate surface area is 140 Å². The summed E-state index contributed by atoms with van der Waals surface area (Å²) in [5.41, 5.74) is 0.676. The normalized spacial score (nSPS) is 16.4. The third kappa shape index (κ3) is 3.03. The lowest BCUT2D eigenvalue weighted by Gasteiger charge is -2.19. The van der Waals surface area contributed by atoms with Gasteiger partial charge in [-0.3, -0.25) is 14.4 Å². The number of ketones is 2. The average Bonchev–Trinajstić information content (AvgIpc) is 2.97. The van der Waals surface area contributed by atoms with Crippen LogP contribution in [0.1, 0.15) is 32.6 Å². The van der Waals surface area contributed by atoms with Crippen LogP contribution in [0, 0.1) is 0 Å². The van der Waals surface area contributed by atoms with E-state index < -0.39 is 17.7 Å². The molecule has 2 aromatic rings. The van der Waals surface area contributed by atoms with Crippen LogP contribution in [-0.4, -0.2) is 40.7 Å².